The zero-order valence-electron chi connectivity index (χ0n) is 7.44. The fourth-order valence-electron chi connectivity index (χ4n) is 0.669. The van der Waals surface area contributed by atoms with E-state index in [2.05, 4.69) is 5.10 Å². The van der Waals surface area contributed by atoms with Gasteiger partial charge in [-0.2, -0.15) is 0 Å². The number of esters is 1. The second-order valence-corrected chi connectivity index (χ2v) is 2.90. The maximum atomic E-state index is 11.1. The third-order valence-electron chi connectivity index (χ3n) is 1.37. The molecule has 1 rings (SSSR count). The minimum Gasteiger partial charge on any atom is -0.406 e. The molecule has 0 aliphatic heterocycles. The molecule has 0 aromatic carbocycles. The number of hydrogen-bond donors (Lipinski definition) is 0. The molecule has 66 valence electrons. The number of ether oxygens (including phenoxy) is 1. The van der Waals surface area contributed by atoms with Crippen molar-refractivity contribution in [2.75, 3.05) is 0 Å². The Balaban J connectivity index is 2.58. The zero-order valence-corrected chi connectivity index (χ0v) is 7.44. The molecule has 1 aromatic rings. The summed E-state index contributed by atoms with van der Waals surface area (Å²) >= 11 is 0. The topological polar surface area (TPSA) is 44.1 Å². The number of carbonyl (C=O) groups is 1. The minimum absolute atomic E-state index is 0.119. The van der Waals surface area contributed by atoms with Crippen LogP contribution in [0, 0.1) is 5.92 Å². The third-order valence-corrected chi connectivity index (χ3v) is 1.37. The Hall–Kier alpha value is -1.32. The average Bonchev–Trinajstić information content (AvgIpc) is 2.35. The van der Waals surface area contributed by atoms with Gasteiger partial charge in [0.2, 0.25) is 5.88 Å². The van der Waals surface area contributed by atoms with Gasteiger partial charge in [-0.3, -0.25) is 9.48 Å². The molecule has 0 bridgehead atoms. The van der Waals surface area contributed by atoms with Gasteiger partial charge in [0.05, 0.1) is 5.92 Å². The fourth-order valence-corrected chi connectivity index (χ4v) is 0.669. The zero-order chi connectivity index (χ0) is 9.14. The lowest BCUT2D eigenvalue weighted by Gasteiger charge is -2.01. The first kappa shape index (κ1) is 8.77. The van der Waals surface area contributed by atoms with Gasteiger partial charge in [-0.05, 0) is 0 Å². The highest BCUT2D eigenvalue weighted by Crippen LogP contribution is 2.07. The highest BCUT2D eigenvalue weighted by Gasteiger charge is 2.10. The molecule has 0 amide bonds. The quantitative estimate of drug-likeness (QED) is 0.618. The van der Waals surface area contributed by atoms with Gasteiger partial charge < -0.3 is 4.74 Å². The van der Waals surface area contributed by atoms with Crippen LogP contribution >= 0.6 is 0 Å². The second kappa shape index (κ2) is 3.38. The van der Waals surface area contributed by atoms with E-state index in [1.165, 1.54) is 0 Å². The van der Waals surface area contributed by atoms with E-state index in [0.29, 0.717) is 5.88 Å². The Morgan fingerprint density at radius 1 is 1.67 bits per heavy atom. The van der Waals surface area contributed by atoms with Crippen LogP contribution in [0.3, 0.4) is 0 Å². The van der Waals surface area contributed by atoms with Crippen molar-refractivity contribution in [2.45, 2.75) is 13.8 Å². The monoisotopic (exact) mass is 168 g/mol. The summed E-state index contributed by atoms with van der Waals surface area (Å²) in [6.45, 7) is 3.57. The summed E-state index contributed by atoms with van der Waals surface area (Å²) in [6.07, 6.45) is 1.73. The van der Waals surface area contributed by atoms with Crippen LogP contribution in [0.5, 0.6) is 5.88 Å². The first-order valence-electron chi connectivity index (χ1n) is 3.81. The van der Waals surface area contributed by atoms with Gasteiger partial charge in [-0.15, -0.1) is 5.10 Å². The number of rotatable bonds is 2. The van der Waals surface area contributed by atoms with Crippen molar-refractivity contribution >= 4 is 5.97 Å². The van der Waals surface area contributed by atoms with Gasteiger partial charge >= 0.3 is 5.97 Å². The summed E-state index contributed by atoms with van der Waals surface area (Å²) in [5, 5.41) is 3.91. The van der Waals surface area contributed by atoms with E-state index in [-0.39, 0.29) is 11.9 Å². The van der Waals surface area contributed by atoms with Crippen molar-refractivity contribution in [1.29, 1.82) is 0 Å². The Labute approximate surface area is 71.1 Å². The predicted molar refractivity (Wildman–Crippen MR) is 43.7 cm³/mol. The molecule has 0 aliphatic carbocycles. The highest BCUT2D eigenvalue weighted by atomic mass is 16.5. The van der Waals surface area contributed by atoms with Gasteiger partial charge in [0.15, 0.2) is 0 Å². The van der Waals surface area contributed by atoms with Gasteiger partial charge in [0.25, 0.3) is 0 Å². The van der Waals surface area contributed by atoms with E-state index in [1.54, 1.807) is 37.8 Å². The summed E-state index contributed by atoms with van der Waals surface area (Å²) in [4.78, 5) is 11.1. The second-order valence-electron chi connectivity index (χ2n) is 2.90. The molecule has 0 unspecified atom stereocenters. The molecule has 4 heteroatoms. The summed E-state index contributed by atoms with van der Waals surface area (Å²) in [7, 11) is 1.77. The number of hydrogen-bond acceptors (Lipinski definition) is 3. The molecule has 0 fully saturated rings. The van der Waals surface area contributed by atoms with Crippen molar-refractivity contribution in [3.8, 4) is 5.88 Å². The number of aromatic nitrogens is 2. The normalized spacial score (nSPS) is 10.3. The van der Waals surface area contributed by atoms with E-state index >= 15 is 0 Å². The molecular weight excluding hydrogens is 156 g/mol. The van der Waals surface area contributed by atoms with E-state index in [1.807, 2.05) is 0 Å². The molecule has 0 radical (unpaired) electrons. The molecule has 0 spiro atoms. The number of carbonyl (C=O) groups excluding carboxylic acids is 1. The van der Waals surface area contributed by atoms with Crippen LogP contribution in [0.15, 0.2) is 12.3 Å². The molecule has 4 nitrogen and oxygen atoms in total. The van der Waals surface area contributed by atoms with Crippen LogP contribution in [-0.4, -0.2) is 15.7 Å². The molecule has 0 atom stereocenters. The Bertz CT molecular complexity index is 278. The van der Waals surface area contributed by atoms with Crippen LogP contribution < -0.4 is 4.74 Å². The Morgan fingerprint density at radius 3 is 2.75 bits per heavy atom. The standard InChI is InChI=1S/C8H12N2O2/c1-6(2)8(11)12-7-4-5-10(3)9-7/h4-6H,1-3H3. The molecular formula is C8H12N2O2. The highest BCUT2D eigenvalue weighted by molar-refractivity contribution is 5.73. The molecule has 1 heterocycles. The van der Waals surface area contributed by atoms with E-state index < -0.39 is 0 Å². The SMILES string of the molecule is CC(C)C(=O)Oc1ccn(C)n1. The Kier molecular flexibility index (Phi) is 2.47. The van der Waals surface area contributed by atoms with Gasteiger partial charge in [0, 0.05) is 19.3 Å². The smallest absolute Gasteiger partial charge is 0.315 e. The van der Waals surface area contributed by atoms with Crippen molar-refractivity contribution in [3.05, 3.63) is 12.3 Å². The molecule has 0 N–H and O–H groups in total. The van der Waals surface area contributed by atoms with Crippen LogP contribution in [0.4, 0.5) is 0 Å². The van der Waals surface area contributed by atoms with Crippen LogP contribution in [0.1, 0.15) is 13.8 Å². The fraction of sp³-hybridized carbons (Fsp3) is 0.500. The average molecular weight is 168 g/mol. The van der Waals surface area contributed by atoms with Crippen LogP contribution in [0.2, 0.25) is 0 Å². The van der Waals surface area contributed by atoms with Gasteiger partial charge in [0.1, 0.15) is 0 Å². The van der Waals surface area contributed by atoms with E-state index in [4.69, 9.17) is 4.74 Å². The van der Waals surface area contributed by atoms with Crippen molar-refractivity contribution in [1.82, 2.24) is 9.78 Å². The van der Waals surface area contributed by atoms with Crippen LogP contribution in [-0.2, 0) is 11.8 Å². The minimum atomic E-state index is -0.256. The first-order chi connectivity index (χ1) is 5.59. The lowest BCUT2D eigenvalue weighted by molar-refractivity contribution is -0.138. The first-order valence-corrected chi connectivity index (χ1v) is 3.81. The van der Waals surface area contributed by atoms with Crippen LogP contribution in [0.25, 0.3) is 0 Å². The molecule has 0 saturated heterocycles. The lowest BCUT2D eigenvalue weighted by atomic mass is 10.2. The summed E-state index contributed by atoms with van der Waals surface area (Å²) < 4.78 is 6.51. The third kappa shape index (κ3) is 2.08. The predicted octanol–water partition coefficient (Wildman–Crippen LogP) is 0.981. The summed E-state index contributed by atoms with van der Waals surface area (Å²) in [6, 6.07) is 1.65. The van der Waals surface area contributed by atoms with Crippen molar-refractivity contribution < 1.29 is 9.53 Å². The Morgan fingerprint density at radius 2 is 2.33 bits per heavy atom. The molecule has 0 aliphatic rings. The van der Waals surface area contributed by atoms with Crippen molar-refractivity contribution in [3.63, 3.8) is 0 Å². The van der Waals surface area contributed by atoms with Gasteiger partial charge in [-0.1, -0.05) is 13.8 Å². The number of nitrogens with zero attached hydrogens (tertiary/aromatic N) is 2. The van der Waals surface area contributed by atoms with Crippen molar-refractivity contribution in [2.24, 2.45) is 13.0 Å². The van der Waals surface area contributed by atoms with Gasteiger partial charge in [-0.25, -0.2) is 0 Å². The maximum Gasteiger partial charge on any atom is 0.315 e. The largest absolute Gasteiger partial charge is 0.406 e. The summed E-state index contributed by atoms with van der Waals surface area (Å²) in [5.41, 5.74) is 0. The van der Waals surface area contributed by atoms with E-state index in [0.717, 1.165) is 0 Å². The molecule has 0 saturated carbocycles. The number of aryl methyl sites for hydroxylation is 1. The van der Waals surface area contributed by atoms with E-state index in [9.17, 15) is 4.79 Å². The molecule has 1 aromatic heterocycles. The lowest BCUT2D eigenvalue weighted by Crippen LogP contribution is -2.15. The molecule has 12 heavy (non-hydrogen) atoms. The summed E-state index contributed by atoms with van der Waals surface area (Å²) in [5.74, 6) is -0.0168. The maximum absolute atomic E-state index is 11.1.